The summed E-state index contributed by atoms with van der Waals surface area (Å²) in [4.78, 5) is 8.28. The van der Waals surface area contributed by atoms with Gasteiger partial charge >= 0.3 is 0 Å². The number of hydrogen-bond acceptors (Lipinski definition) is 2. The van der Waals surface area contributed by atoms with Gasteiger partial charge in [-0.05, 0) is 35.0 Å². The fraction of sp³-hybridized carbons (Fsp3) is 0.111. The van der Waals surface area contributed by atoms with Gasteiger partial charge in [0.2, 0.25) is 0 Å². The van der Waals surface area contributed by atoms with Crippen molar-refractivity contribution >= 4 is 26.8 Å². The lowest BCUT2D eigenvalue weighted by Gasteiger charge is -1.97. The number of fused-ring (bicyclic) bond motifs is 1. The molecule has 1 aromatic heterocycles. The summed E-state index contributed by atoms with van der Waals surface area (Å²) >= 11 is 3.23. The molecular weight excluding hydrogens is 216 g/mol. The third-order valence-electron chi connectivity index (χ3n) is 1.71. The summed E-state index contributed by atoms with van der Waals surface area (Å²) in [6.45, 7) is 2.06. The smallest absolute Gasteiger partial charge is 0.197 e. The number of aryl methyl sites for hydroxylation is 1. The van der Waals surface area contributed by atoms with Gasteiger partial charge < -0.3 is 0 Å². The zero-order valence-corrected chi connectivity index (χ0v) is 8.17. The molecule has 12 heavy (non-hydrogen) atoms. The topological polar surface area (TPSA) is 25.8 Å². The molecule has 0 spiro atoms. The molecule has 0 aliphatic rings. The van der Waals surface area contributed by atoms with Gasteiger partial charge in [0.05, 0.1) is 5.52 Å². The summed E-state index contributed by atoms with van der Waals surface area (Å²) < 4.78 is 0.638. The maximum Gasteiger partial charge on any atom is 0.197 e. The predicted octanol–water partition coefficient (Wildman–Crippen LogP) is 2.70. The van der Waals surface area contributed by atoms with E-state index in [1.54, 1.807) is 0 Å². The molecular formula is C9H7BrN2. The second kappa shape index (κ2) is 2.83. The van der Waals surface area contributed by atoms with Gasteiger partial charge in [0.15, 0.2) is 4.73 Å². The number of hydrogen-bond donors (Lipinski definition) is 0. The molecule has 0 unspecified atom stereocenters. The Kier molecular flexibility index (Phi) is 1.81. The molecule has 2 aromatic rings. The van der Waals surface area contributed by atoms with E-state index < -0.39 is 0 Å². The first kappa shape index (κ1) is 7.68. The lowest BCUT2D eigenvalue weighted by Crippen LogP contribution is -1.84. The molecule has 0 saturated heterocycles. The van der Waals surface area contributed by atoms with Crippen LogP contribution in [0.4, 0.5) is 0 Å². The third-order valence-corrected chi connectivity index (χ3v) is 2.09. The first-order valence-electron chi connectivity index (χ1n) is 3.64. The summed E-state index contributed by atoms with van der Waals surface area (Å²) in [6.07, 6.45) is 1.82. The standard InChI is InChI=1S/C9H7BrN2/c1-6-2-3-8-7(4-6)5-11-9(10)12-8/h2-5H,1H3. The Bertz CT molecular complexity index is 385. The highest BCUT2D eigenvalue weighted by atomic mass is 79.9. The molecule has 2 rings (SSSR count). The van der Waals surface area contributed by atoms with Crippen molar-refractivity contribution in [3.05, 3.63) is 34.7 Å². The zero-order valence-electron chi connectivity index (χ0n) is 6.58. The van der Waals surface area contributed by atoms with Gasteiger partial charge in [-0.1, -0.05) is 11.6 Å². The molecule has 0 N–H and O–H groups in total. The molecule has 0 radical (unpaired) electrons. The number of rotatable bonds is 0. The van der Waals surface area contributed by atoms with Crippen LogP contribution in [0.5, 0.6) is 0 Å². The zero-order chi connectivity index (χ0) is 8.55. The molecule has 1 heterocycles. The molecule has 0 aliphatic carbocycles. The van der Waals surface area contributed by atoms with Gasteiger partial charge in [0.1, 0.15) is 0 Å². The summed E-state index contributed by atoms with van der Waals surface area (Å²) in [6, 6.07) is 6.11. The van der Waals surface area contributed by atoms with Gasteiger partial charge in [-0.15, -0.1) is 0 Å². The predicted molar refractivity (Wildman–Crippen MR) is 52.0 cm³/mol. The minimum atomic E-state index is 0.638. The number of halogens is 1. The molecule has 3 heteroatoms. The molecule has 0 amide bonds. The Hall–Kier alpha value is -0.960. The van der Waals surface area contributed by atoms with Crippen LogP contribution in [-0.2, 0) is 0 Å². The molecule has 0 saturated carbocycles. The Labute approximate surface area is 78.8 Å². The maximum atomic E-state index is 4.22. The average Bonchev–Trinajstić information content (AvgIpc) is 2.05. The number of benzene rings is 1. The first-order chi connectivity index (χ1) is 5.75. The van der Waals surface area contributed by atoms with E-state index in [4.69, 9.17) is 0 Å². The van der Waals surface area contributed by atoms with Crippen molar-refractivity contribution < 1.29 is 0 Å². The van der Waals surface area contributed by atoms with Gasteiger partial charge in [0, 0.05) is 11.6 Å². The molecule has 1 aromatic carbocycles. The van der Waals surface area contributed by atoms with E-state index in [1.807, 2.05) is 18.3 Å². The van der Waals surface area contributed by atoms with Crippen molar-refractivity contribution in [2.75, 3.05) is 0 Å². The summed E-state index contributed by atoms with van der Waals surface area (Å²) in [5, 5.41) is 1.08. The highest BCUT2D eigenvalue weighted by Crippen LogP contribution is 2.14. The van der Waals surface area contributed by atoms with Crippen LogP contribution in [0.3, 0.4) is 0 Å². The second-order valence-corrected chi connectivity index (χ2v) is 3.41. The van der Waals surface area contributed by atoms with Crippen LogP contribution in [0.15, 0.2) is 29.1 Å². The molecule has 0 atom stereocenters. The average molecular weight is 223 g/mol. The molecule has 0 bridgehead atoms. The fourth-order valence-corrected chi connectivity index (χ4v) is 1.42. The first-order valence-corrected chi connectivity index (χ1v) is 4.44. The van der Waals surface area contributed by atoms with Crippen LogP contribution in [0.1, 0.15) is 5.56 Å². The normalized spacial score (nSPS) is 10.5. The largest absolute Gasteiger partial charge is 0.230 e. The van der Waals surface area contributed by atoms with Crippen molar-refractivity contribution in [2.24, 2.45) is 0 Å². The van der Waals surface area contributed by atoms with Crippen molar-refractivity contribution in [2.45, 2.75) is 6.92 Å². The monoisotopic (exact) mass is 222 g/mol. The van der Waals surface area contributed by atoms with Crippen LogP contribution in [0.2, 0.25) is 0 Å². The van der Waals surface area contributed by atoms with Gasteiger partial charge in [-0.25, -0.2) is 9.97 Å². The maximum absolute atomic E-state index is 4.22. The molecule has 60 valence electrons. The minimum Gasteiger partial charge on any atom is -0.230 e. The summed E-state index contributed by atoms with van der Waals surface area (Å²) in [7, 11) is 0. The van der Waals surface area contributed by atoms with E-state index in [0.717, 1.165) is 10.9 Å². The van der Waals surface area contributed by atoms with Crippen LogP contribution >= 0.6 is 15.9 Å². The van der Waals surface area contributed by atoms with E-state index in [2.05, 4.69) is 38.9 Å². The Balaban J connectivity index is 2.79. The van der Waals surface area contributed by atoms with Crippen LogP contribution in [0, 0.1) is 6.92 Å². The Morgan fingerprint density at radius 3 is 3.00 bits per heavy atom. The quantitative estimate of drug-likeness (QED) is 0.641. The highest BCUT2D eigenvalue weighted by molar-refractivity contribution is 9.10. The van der Waals surface area contributed by atoms with Crippen LogP contribution in [0.25, 0.3) is 10.9 Å². The van der Waals surface area contributed by atoms with Crippen LogP contribution < -0.4 is 0 Å². The third kappa shape index (κ3) is 1.32. The lowest BCUT2D eigenvalue weighted by atomic mass is 10.2. The highest BCUT2D eigenvalue weighted by Gasteiger charge is 1.95. The second-order valence-electron chi connectivity index (χ2n) is 2.70. The Morgan fingerprint density at radius 1 is 1.33 bits per heavy atom. The lowest BCUT2D eigenvalue weighted by molar-refractivity contribution is 1.16. The minimum absolute atomic E-state index is 0.638. The Morgan fingerprint density at radius 2 is 2.17 bits per heavy atom. The van der Waals surface area contributed by atoms with Crippen molar-refractivity contribution in [1.29, 1.82) is 0 Å². The van der Waals surface area contributed by atoms with Crippen LogP contribution in [-0.4, -0.2) is 9.97 Å². The fourth-order valence-electron chi connectivity index (χ4n) is 1.13. The molecule has 0 aliphatic heterocycles. The van der Waals surface area contributed by atoms with Gasteiger partial charge in [0.25, 0.3) is 0 Å². The van der Waals surface area contributed by atoms with E-state index in [0.29, 0.717) is 4.73 Å². The number of nitrogens with zero attached hydrogens (tertiary/aromatic N) is 2. The van der Waals surface area contributed by atoms with Gasteiger partial charge in [-0.3, -0.25) is 0 Å². The van der Waals surface area contributed by atoms with E-state index in [1.165, 1.54) is 5.56 Å². The van der Waals surface area contributed by atoms with Crippen molar-refractivity contribution in [3.8, 4) is 0 Å². The SMILES string of the molecule is Cc1ccc2nc(Br)ncc2c1. The van der Waals surface area contributed by atoms with E-state index in [-0.39, 0.29) is 0 Å². The summed E-state index contributed by atoms with van der Waals surface area (Å²) in [5.74, 6) is 0. The van der Waals surface area contributed by atoms with E-state index >= 15 is 0 Å². The van der Waals surface area contributed by atoms with Gasteiger partial charge in [-0.2, -0.15) is 0 Å². The van der Waals surface area contributed by atoms with Crippen molar-refractivity contribution in [3.63, 3.8) is 0 Å². The summed E-state index contributed by atoms with van der Waals surface area (Å²) in [5.41, 5.74) is 2.20. The molecule has 0 fully saturated rings. The van der Waals surface area contributed by atoms with E-state index in [9.17, 15) is 0 Å². The van der Waals surface area contributed by atoms with Crippen molar-refractivity contribution in [1.82, 2.24) is 9.97 Å². The molecule has 2 nitrogen and oxygen atoms in total. The number of aromatic nitrogens is 2.